The zero-order valence-electron chi connectivity index (χ0n) is 11.7. The van der Waals surface area contributed by atoms with Crippen molar-refractivity contribution in [3.8, 4) is 0 Å². The summed E-state index contributed by atoms with van der Waals surface area (Å²) in [4.78, 5) is 0. The average Bonchev–Trinajstić information content (AvgIpc) is 2.98. The highest BCUT2D eigenvalue weighted by molar-refractivity contribution is 9.10. The smallest absolute Gasteiger partial charge is 0.206 e. The van der Waals surface area contributed by atoms with Gasteiger partial charge in [0, 0.05) is 10.9 Å². The summed E-state index contributed by atoms with van der Waals surface area (Å²) in [6.45, 7) is 4.42. The maximum Gasteiger partial charge on any atom is 0.206 e. The number of nitrogens with zero attached hydrogens (tertiary/aromatic N) is 2. The third-order valence-corrected chi connectivity index (χ3v) is 5.18. The lowest BCUT2D eigenvalue weighted by Gasteiger charge is -2.12. The van der Waals surface area contributed by atoms with Crippen molar-refractivity contribution in [3.63, 3.8) is 0 Å². The van der Waals surface area contributed by atoms with Gasteiger partial charge in [-0.15, -0.1) is 10.2 Å². The van der Waals surface area contributed by atoms with Gasteiger partial charge >= 0.3 is 0 Å². The number of fused-ring (bicyclic) bond motifs is 1. The van der Waals surface area contributed by atoms with Crippen LogP contribution in [0.2, 0.25) is 0 Å². The highest BCUT2D eigenvalue weighted by atomic mass is 79.9. The molecule has 1 aliphatic rings. The van der Waals surface area contributed by atoms with E-state index in [1.165, 1.54) is 15.6 Å². The first-order valence-electron chi connectivity index (χ1n) is 6.99. The van der Waals surface area contributed by atoms with Crippen LogP contribution in [0.5, 0.6) is 0 Å². The molecular formula is C15H18BrN3S. The van der Waals surface area contributed by atoms with Crippen LogP contribution in [0, 0.1) is 5.92 Å². The zero-order chi connectivity index (χ0) is 14.1. The molecular weight excluding hydrogens is 334 g/mol. The van der Waals surface area contributed by atoms with Gasteiger partial charge in [-0.3, -0.25) is 0 Å². The Morgan fingerprint density at radius 2 is 2.25 bits per heavy atom. The van der Waals surface area contributed by atoms with E-state index in [0.717, 1.165) is 29.4 Å². The minimum atomic E-state index is 0.363. The highest BCUT2D eigenvalue weighted by Gasteiger charge is 2.24. The van der Waals surface area contributed by atoms with Crippen LogP contribution in [0.3, 0.4) is 0 Å². The number of anilines is 1. The summed E-state index contributed by atoms with van der Waals surface area (Å²) >= 11 is 5.32. The third kappa shape index (κ3) is 2.88. The number of benzene rings is 1. The van der Waals surface area contributed by atoms with Crippen molar-refractivity contribution in [1.82, 2.24) is 10.2 Å². The van der Waals surface area contributed by atoms with Gasteiger partial charge in [-0.05, 0) is 36.0 Å². The molecule has 0 saturated heterocycles. The van der Waals surface area contributed by atoms with Gasteiger partial charge in [0.15, 0.2) is 0 Å². The summed E-state index contributed by atoms with van der Waals surface area (Å²) in [6.07, 6.45) is 3.25. The fourth-order valence-electron chi connectivity index (χ4n) is 2.65. The van der Waals surface area contributed by atoms with Crippen LogP contribution < -0.4 is 5.32 Å². The van der Waals surface area contributed by atoms with Gasteiger partial charge in [-0.1, -0.05) is 53.2 Å². The fourth-order valence-corrected chi connectivity index (χ4v) is 4.24. The van der Waals surface area contributed by atoms with Crippen LogP contribution in [0.15, 0.2) is 22.7 Å². The maximum absolute atomic E-state index is 4.27. The second-order valence-corrected chi connectivity index (χ2v) is 7.56. The molecule has 20 heavy (non-hydrogen) atoms. The molecule has 0 saturated carbocycles. The largest absolute Gasteiger partial charge is 0.353 e. The molecule has 5 heteroatoms. The SMILES string of the molecule is CC(C)Cc1nnc(NC2CCc3c(Br)cccc32)s1. The van der Waals surface area contributed by atoms with Gasteiger partial charge in [0.05, 0.1) is 6.04 Å². The van der Waals surface area contributed by atoms with Crippen molar-refractivity contribution >= 4 is 32.4 Å². The Balaban J connectivity index is 1.74. The van der Waals surface area contributed by atoms with Crippen LogP contribution in [-0.4, -0.2) is 10.2 Å². The average molecular weight is 352 g/mol. The molecule has 0 amide bonds. The molecule has 1 atom stereocenters. The standard InChI is InChI=1S/C15H18BrN3S/c1-9(2)8-14-18-19-15(20-14)17-13-7-6-10-11(13)4-3-5-12(10)16/h3-5,9,13H,6-8H2,1-2H3,(H,17,19). The monoisotopic (exact) mass is 351 g/mol. The summed E-state index contributed by atoms with van der Waals surface area (Å²) < 4.78 is 1.22. The Labute approximate surface area is 132 Å². The Kier molecular flexibility index (Phi) is 4.08. The van der Waals surface area contributed by atoms with Crippen molar-refractivity contribution in [2.45, 2.75) is 39.2 Å². The molecule has 0 spiro atoms. The van der Waals surface area contributed by atoms with E-state index in [9.17, 15) is 0 Å². The molecule has 1 aliphatic carbocycles. The molecule has 0 radical (unpaired) electrons. The number of hydrogen-bond acceptors (Lipinski definition) is 4. The first-order valence-corrected chi connectivity index (χ1v) is 8.60. The van der Waals surface area contributed by atoms with E-state index >= 15 is 0 Å². The predicted octanol–water partition coefficient (Wildman–Crippen LogP) is 4.60. The zero-order valence-corrected chi connectivity index (χ0v) is 14.1. The Morgan fingerprint density at radius 1 is 1.40 bits per heavy atom. The quantitative estimate of drug-likeness (QED) is 0.874. The summed E-state index contributed by atoms with van der Waals surface area (Å²) in [5.74, 6) is 0.624. The number of aromatic nitrogens is 2. The van der Waals surface area contributed by atoms with Gasteiger partial charge in [-0.2, -0.15) is 0 Å². The van der Waals surface area contributed by atoms with E-state index in [2.05, 4.69) is 63.5 Å². The second-order valence-electron chi connectivity index (χ2n) is 5.64. The van der Waals surface area contributed by atoms with Crippen LogP contribution >= 0.6 is 27.3 Å². The molecule has 1 heterocycles. The lowest BCUT2D eigenvalue weighted by molar-refractivity contribution is 0.639. The fraction of sp³-hybridized carbons (Fsp3) is 0.467. The molecule has 0 aliphatic heterocycles. The Morgan fingerprint density at radius 3 is 3.05 bits per heavy atom. The van der Waals surface area contributed by atoms with Gasteiger partial charge in [0.25, 0.3) is 0 Å². The van der Waals surface area contributed by atoms with Gasteiger partial charge < -0.3 is 5.32 Å². The molecule has 1 unspecified atom stereocenters. The van der Waals surface area contributed by atoms with Gasteiger partial charge in [0.1, 0.15) is 5.01 Å². The minimum absolute atomic E-state index is 0.363. The number of hydrogen-bond donors (Lipinski definition) is 1. The molecule has 2 aromatic rings. The van der Waals surface area contributed by atoms with Crippen LogP contribution in [0.25, 0.3) is 0 Å². The molecule has 3 nitrogen and oxygen atoms in total. The van der Waals surface area contributed by atoms with Gasteiger partial charge in [0.2, 0.25) is 5.13 Å². The minimum Gasteiger partial charge on any atom is -0.353 e. The predicted molar refractivity (Wildman–Crippen MR) is 87.3 cm³/mol. The van der Waals surface area contributed by atoms with E-state index in [1.807, 2.05) is 0 Å². The van der Waals surface area contributed by atoms with Crippen molar-refractivity contribution in [2.24, 2.45) is 5.92 Å². The molecule has 0 fully saturated rings. The van der Waals surface area contributed by atoms with Crippen LogP contribution in [-0.2, 0) is 12.8 Å². The lowest BCUT2D eigenvalue weighted by Crippen LogP contribution is -2.06. The van der Waals surface area contributed by atoms with Gasteiger partial charge in [-0.25, -0.2) is 0 Å². The molecule has 1 aromatic carbocycles. The summed E-state index contributed by atoms with van der Waals surface area (Å²) in [5.41, 5.74) is 2.82. The normalized spacial score (nSPS) is 17.5. The topological polar surface area (TPSA) is 37.8 Å². The number of rotatable bonds is 4. The maximum atomic E-state index is 4.27. The summed E-state index contributed by atoms with van der Waals surface area (Å²) in [7, 11) is 0. The van der Waals surface area contributed by atoms with Crippen molar-refractivity contribution in [1.29, 1.82) is 0 Å². The molecule has 1 N–H and O–H groups in total. The van der Waals surface area contributed by atoms with Crippen LogP contribution in [0.4, 0.5) is 5.13 Å². The third-order valence-electron chi connectivity index (χ3n) is 3.56. The molecule has 1 aromatic heterocycles. The first-order chi connectivity index (χ1) is 9.63. The summed E-state index contributed by atoms with van der Waals surface area (Å²) in [6, 6.07) is 6.79. The first kappa shape index (κ1) is 14.0. The van der Waals surface area contributed by atoms with Crippen molar-refractivity contribution < 1.29 is 0 Å². The van der Waals surface area contributed by atoms with Crippen molar-refractivity contribution in [2.75, 3.05) is 5.32 Å². The molecule has 0 bridgehead atoms. The van der Waals surface area contributed by atoms with E-state index in [4.69, 9.17) is 0 Å². The van der Waals surface area contributed by atoms with E-state index in [0.29, 0.717) is 12.0 Å². The van der Waals surface area contributed by atoms with E-state index in [1.54, 1.807) is 11.3 Å². The molecule has 3 rings (SSSR count). The van der Waals surface area contributed by atoms with E-state index in [-0.39, 0.29) is 0 Å². The number of halogens is 1. The second kappa shape index (κ2) is 5.82. The highest BCUT2D eigenvalue weighted by Crippen LogP contribution is 2.38. The van der Waals surface area contributed by atoms with E-state index < -0.39 is 0 Å². The van der Waals surface area contributed by atoms with Crippen molar-refractivity contribution in [3.05, 3.63) is 38.8 Å². The Hall–Kier alpha value is -0.940. The summed E-state index contributed by atoms with van der Waals surface area (Å²) in [5, 5.41) is 14.1. The number of nitrogens with one attached hydrogen (secondary N) is 1. The Bertz CT molecular complexity index is 609. The lowest BCUT2D eigenvalue weighted by atomic mass is 10.1. The molecule has 106 valence electrons. The van der Waals surface area contributed by atoms with Crippen LogP contribution in [0.1, 0.15) is 42.4 Å².